The van der Waals surface area contributed by atoms with Gasteiger partial charge in [0.15, 0.2) is 0 Å². The van der Waals surface area contributed by atoms with Crippen molar-refractivity contribution in [1.82, 2.24) is 4.90 Å². The van der Waals surface area contributed by atoms with E-state index < -0.39 is 5.54 Å². The Bertz CT molecular complexity index is 412. The molecule has 1 fully saturated rings. The molecule has 1 aliphatic rings. The second kappa shape index (κ2) is 5.08. The molecular formula is C14H20N2O2. The van der Waals surface area contributed by atoms with Gasteiger partial charge in [0, 0.05) is 6.54 Å². The molecule has 4 heteroatoms. The fourth-order valence-corrected chi connectivity index (χ4v) is 2.11. The zero-order valence-corrected chi connectivity index (χ0v) is 10.9. The lowest BCUT2D eigenvalue weighted by Crippen LogP contribution is -2.54. The van der Waals surface area contributed by atoms with Crippen LogP contribution in [-0.2, 0) is 9.53 Å². The van der Waals surface area contributed by atoms with Gasteiger partial charge in [0.2, 0.25) is 5.91 Å². The van der Waals surface area contributed by atoms with E-state index in [2.05, 4.69) is 0 Å². The number of rotatable bonds is 2. The first-order valence-corrected chi connectivity index (χ1v) is 6.23. The Morgan fingerprint density at radius 1 is 1.39 bits per heavy atom. The summed E-state index contributed by atoms with van der Waals surface area (Å²) in [6.45, 7) is 5.22. The molecule has 1 aromatic carbocycles. The smallest absolute Gasteiger partial charge is 0.242 e. The Morgan fingerprint density at radius 3 is 2.67 bits per heavy atom. The lowest BCUT2D eigenvalue weighted by atomic mass is 10.0. The summed E-state index contributed by atoms with van der Waals surface area (Å²) in [6.07, 6.45) is -0.0498. The topological polar surface area (TPSA) is 55.6 Å². The predicted molar refractivity (Wildman–Crippen MR) is 70.0 cm³/mol. The van der Waals surface area contributed by atoms with Gasteiger partial charge in [-0.3, -0.25) is 4.79 Å². The summed E-state index contributed by atoms with van der Waals surface area (Å²) in [6, 6.07) is 9.97. The maximum atomic E-state index is 12.1. The molecule has 1 aliphatic heterocycles. The third kappa shape index (κ3) is 2.89. The number of carbonyl (C=O) groups excluding carboxylic acids is 1. The highest BCUT2D eigenvalue weighted by Gasteiger charge is 2.32. The zero-order chi connectivity index (χ0) is 13.2. The first-order valence-electron chi connectivity index (χ1n) is 6.23. The second-order valence-corrected chi connectivity index (χ2v) is 5.24. The number of morpholine rings is 1. The van der Waals surface area contributed by atoms with Crippen molar-refractivity contribution in [3.63, 3.8) is 0 Å². The van der Waals surface area contributed by atoms with Crippen molar-refractivity contribution in [2.45, 2.75) is 25.5 Å². The van der Waals surface area contributed by atoms with Crippen molar-refractivity contribution in [1.29, 1.82) is 0 Å². The van der Waals surface area contributed by atoms with Crippen LogP contribution < -0.4 is 5.73 Å². The van der Waals surface area contributed by atoms with Crippen LogP contribution >= 0.6 is 0 Å². The van der Waals surface area contributed by atoms with Crippen LogP contribution in [0.2, 0.25) is 0 Å². The molecule has 0 saturated carbocycles. The molecular weight excluding hydrogens is 228 g/mol. The van der Waals surface area contributed by atoms with Crippen LogP contribution in [0.15, 0.2) is 30.3 Å². The van der Waals surface area contributed by atoms with Gasteiger partial charge >= 0.3 is 0 Å². The second-order valence-electron chi connectivity index (χ2n) is 5.24. The first-order chi connectivity index (χ1) is 8.48. The van der Waals surface area contributed by atoms with Crippen molar-refractivity contribution in [2.24, 2.45) is 5.73 Å². The SMILES string of the molecule is CC(C)(N)C(=O)N1CCOC(c2ccccc2)C1. The number of benzene rings is 1. The number of nitrogens with zero attached hydrogens (tertiary/aromatic N) is 1. The molecule has 0 aromatic heterocycles. The summed E-state index contributed by atoms with van der Waals surface area (Å²) in [5, 5.41) is 0. The molecule has 18 heavy (non-hydrogen) atoms. The van der Waals surface area contributed by atoms with E-state index in [4.69, 9.17) is 10.5 Å². The summed E-state index contributed by atoms with van der Waals surface area (Å²) in [5.74, 6) is -0.0215. The van der Waals surface area contributed by atoms with E-state index in [0.29, 0.717) is 19.7 Å². The number of nitrogens with two attached hydrogens (primary N) is 1. The summed E-state index contributed by atoms with van der Waals surface area (Å²) in [7, 11) is 0. The monoisotopic (exact) mass is 248 g/mol. The van der Waals surface area contributed by atoms with Crippen molar-refractivity contribution in [3.05, 3.63) is 35.9 Å². The molecule has 2 N–H and O–H groups in total. The Balaban J connectivity index is 2.08. The van der Waals surface area contributed by atoms with Gasteiger partial charge in [-0.05, 0) is 19.4 Å². The average molecular weight is 248 g/mol. The Kier molecular flexibility index (Phi) is 3.68. The summed E-state index contributed by atoms with van der Waals surface area (Å²) in [4.78, 5) is 13.9. The lowest BCUT2D eigenvalue weighted by molar-refractivity contribution is -0.143. The van der Waals surface area contributed by atoms with E-state index in [1.165, 1.54) is 0 Å². The van der Waals surface area contributed by atoms with Gasteiger partial charge in [0.05, 0.1) is 18.7 Å². The molecule has 0 spiro atoms. The molecule has 0 radical (unpaired) electrons. The highest BCUT2D eigenvalue weighted by atomic mass is 16.5. The molecule has 4 nitrogen and oxygen atoms in total. The van der Waals surface area contributed by atoms with Gasteiger partial charge < -0.3 is 15.4 Å². The van der Waals surface area contributed by atoms with Gasteiger partial charge in [-0.15, -0.1) is 0 Å². The highest BCUT2D eigenvalue weighted by molar-refractivity contribution is 5.85. The average Bonchev–Trinajstić information content (AvgIpc) is 2.38. The summed E-state index contributed by atoms with van der Waals surface area (Å²) in [5.41, 5.74) is 6.14. The van der Waals surface area contributed by atoms with Gasteiger partial charge in [-0.1, -0.05) is 30.3 Å². The van der Waals surface area contributed by atoms with Crippen LogP contribution in [0.3, 0.4) is 0 Å². The molecule has 1 aromatic rings. The predicted octanol–water partition coefficient (Wildman–Crippen LogP) is 1.32. The number of ether oxygens (including phenoxy) is 1. The van der Waals surface area contributed by atoms with Crippen molar-refractivity contribution < 1.29 is 9.53 Å². The number of carbonyl (C=O) groups is 1. The highest BCUT2D eigenvalue weighted by Crippen LogP contribution is 2.23. The van der Waals surface area contributed by atoms with Crippen molar-refractivity contribution in [2.75, 3.05) is 19.7 Å². The van der Waals surface area contributed by atoms with Crippen molar-refractivity contribution >= 4 is 5.91 Å². The van der Waals surface area contributed by atoms with E-state index in [0.717, 1.165) is 5.56 Å². The molecule has 1 unspecified atom stereocenters. The molecule has 1 heterocycles. The summed E-state index contributed by atoms with van der Waals surface area (Å²) >= 11 is 0. The quantitative estimate of drug-likeness (QED) is 0.859. The van der Waals surface area contributed by atoms with Crippen LogP contribution in [0.5, 0.6) is 0 Å². The summed E-state index contributed by atoms with van der Waals surface area (Å²) < 4.78 is 5.72. The molecule has 1 amide bonds. The molecule has 98 valence electrons. The zero-order valence-electron chi connectivity index (χ0n) is 10.9. The van der Waals surface area contributed by atoms with Gasteiger partial charge in [-0.2, -0.15) is 0 Å². The fraction of sp³-hybridized carbons (Fsp3) is 0.500. The van der Waals surface area contributed by atoms with E-state index in [-0.39, 0.29) is 12.0 Å². The molecule has 0 aliphatic carbocycles. The van der Waals surface area contributed by atoms with Crippen LogP contribution in [0.1, 0.15) is 25.5 Å². The Labute approximate surface area is 108 Å². The van der Waals surface area contributed by atoms with Crippen LogP contribution in [0.4, 0.5) is 0 Å². The van der Waals surface area contributed by atoms with Gasteiger partial charge in [0.25, 0.3) is 0 Å². The molecule has 0 bridgehead atoms. The first kappa shape index (κ1) is 13.1. The van der Waals surface area contributed by atoms with E-state index >= 15 is 0 Å². The van der Waals surface area contributed by atoms with E-state index in [9.17, 15) is 4.79 Å². The molecule has 1 saturated heterocycles. The van der Waals surface area contributed by atoms with E-state index in [1.54, 1.807) is 18.7 Å². The third-order valence-corrected chi connectivity index (χ3v) is 3.08. The van der Waals surface area contributed by atoms with Crippen LogP contribution in [0.25, 0.3) is 0 Å². The van der Waals surface area contributed by atoms with E-state index in [1.807, 2.05) is 30.3 Å². The standard InChI is InChI=1S/C14H20N2O2/c1-14(2,15)13(17)16-8-9-18-12(10-16)11-6-4-3-5-7-11/h3-7,12H,8-10,15H2,1-2H3. The maximum Gasteiger partial charge on any atom is 0.242 e. The Hall–Kier alpha value is -1.39. The van der Waals surface area contributed by atoms with Gasteiger partial charge in [0.1, 0.15) is 6.10 Å². The van der Waals surface area contributed by atoms with Crippen LogP contribution in [-0.4, -0.2) is 36.0 Å². The van der Waals surface area contributed by atoms with Crippen LogP contribution in [0, 0.1) is 0 Å². The minimum absolute atomic E-state index is 0.0215. The minimum Gasteiger partial charge on any atom is -0.370 e. The largest absolute Gasteiger partial charge is 0.370 e. The van der Waals surface area contributed by atoms with Crippen molar-refractivity contribution in [3.8, 4) is 0 Å². The minimum atomic E-state index is -0.821. The molecule has 1 atom stereocenters. The lowest BCUT2D eigenvalue weighted by Gasteiger charge is -2.36. The molecule has 2 rings (SSSR count). The number of hydrogen-bond donors (Lipinski definition) is 1. The number of amides is 1. The fourth-order valence-electron chi connectivity index (χ4n) is 2.11. The van der Waals surface area contributed by atoms with Gasteiger partial charge in [-0.25, -0.2) is 0 Å². The third-order valence-electron chi connectivity index (χ3n) is 3.08. The maximum absolute atomic E-state index is 12.1. The number of hydrogen-bond acceptors (Lipinski definition) is 3. The Morgan fingerprint density at radius 2 is 2.06 bits per heavy atom. The normalized spacial score (nSPS) is 20.8.